The smallest absolute Gasteiger partial charge is 0.0000918 e. The predicted molar refractivity (Wildman–Crippen MR) is 80.2 cm³/mol. The molecule has 0 bridgehead atoms. The third-order valence-corrected chi connectivity index (χ3v) is 1.46. The second-order valence-corrected chi connectivity index (χ2v) is 3.16. The van der Waals surface area contributed by atoms with Gasteiger partial charge in [-0.15, -0.1) is 0 Å². The van der Waals surface area contributed by atoms with Crippen LogP contribution in [0.2, 0.25) is 0 Å². The van der Waals surface area contributed by atoms with Crippen molar-refractivity contribution in [3.8, 4) is 0 Å². The van der Waals surface area contributed by atoms with Gasteiger partial charge >= 0.3 is 0 Å². The van der Waals surface area contributed by atoms with Gasteiger partial charge < -0.3 is 4.90 Å². The van der Waals surface area contributed by atoms with Crippen LogP contribution in [0.15, 0.2) is 0 Å². The van der Waals surface area contributed by atoms with E-state index in [1.807, 2.05) is 27.7 Å². The van der Waals surface area contributed by atoms with Crippen molar-refractivity contribution in [1.82, 2.24) is 4.90 Å². The first-order valence-corrected chi connectivity index (χ1v) is 7.15. The Balaban J connectivity index is -0.0000000860. The Kier molecular flexibility index (Phi) is 47.8. The van der Waals surface area contributed by atoms with E-state index in [4.69, 9.17) is 0 Å². The van der Waals surface area contributed by atoms with Gasteiger partial charge in [-0.1, -0.05) is 48.0 Å². The van der Waals surface area contributed by atoms with Crippen molar-refractivity contribution in [3.05, 3.63) is 0 Å². The summed E-state index contributed by atoms with van der Waals surface area (Å²) in [7, 11) is 4.26. The average Bonchev–Trinajstić information content (AvgIpc) is 2.26. The molecule has 0 aromatic rings. The summed E-state index contributed by atoms with van der Waals surface area (Å²) in [5.74, 6) is 0.866. The zero-order valence-electron chi connectivity index (χ0n) is 12.6. The zero-order chi connectivity index (χ0) is 13.3. The van der Waals surface area contributed by atoms with Crippen molar-refractivity contribution in [3.63, 3.8) is 0 Å². The third kappa shape index (κ3) is 40.6. The number of rotatable bonds is 4. The van der Waals surface area contributed by atoms with E-state index in [9.17, 15) is 0 Å². The second-order valence-electron chi connectivity index (χ2n) is 3.16. The highest BCUT2D eigenvalue weighted by Gasteiger charge is 1.99. The molecule has 0 aliphatic carbocycles. The molecule has 98 valence electrons. The zero-order valence-corrected chi connectivity index (χ0v) is 13.5. The van der Waals surface area contributed by atoms with Crippen molar-refractivity contribution in [1.29, 1.82) is 0 Å². The van der Waals surface area contributed by atoms with Gasteiger partial charge in [0.2, 0.25) is 0 Å². The molecule has 0 amide bonds. The molecule has 2 heteroatoms. The van der Waals surface area contributed by atoms with Crippen molar-refractivity contribution in [2.24, 2.45) is 5.92 Å². The van der Waals surface area contributed by atoms with Gasteiger partial charge in [-0.2, -0.15) is 12.6 Å². The fraction of sp³-hybridized carbons (Fsp3) is 1.00. The first kappa shape index (κ1) is 24.5. The molecule has 1 unspecified atom stereocenters. The Morgan fingerprint density at radius 3 is 1.53 bits per heavy atom. The molecule has 0 aromatic heterocycles. The van der Waals surface area contributed by atoms with Gasteiger partial charge in [-0.25, -0.2) is 0 Å². The van der Waals surface area contributed by atoms with Gasteiger partial charge in [0.1, 0.15) is 0 Å². The Bertz CT molecular complexity index is 65.6. The first-order valence-electron chi connectivity index (χ1n) is 6.26. The monoisotopic (exact) mass is 237 g/mol. The van der Waals surface area contributed by atoms with E-state index >= 15 is 0 Å². The molecule has 15 heavy (non-hydrogen) atoms. The fourth-order valence-corrected chi connectivity index (χ4v) is 1.21. The van der Waals surface area contributed by atoms with E-state index < -0.39 is 0 Å². The van der Waals surface area contributed by atoms with Crippen LogP contribution in [0.5, 0.6) is 0 Å². The predicted octanol–water partition coefficient (Wildman–Crippen LogP) is 4.58. The van der Waals surface area contributed by atoms with Crippen molar-refractivity contribution in [2.45, 2.75) is 54.4 Å². The highest BCUT2D eigenvalue weighted by Crippen LogP contribution is 2.04. The summed E-state index contributed by atoms with van der Waals surface area (Å²) in [6.45, 7) is 13.8. The molecule has 0 aliphatic heterocycles. The fourth-order valence-electron chi connectivity index (χ4n) is 1.21. The molecule has 1 nitrogen and oxygen atoms in total. The highest BCUT2D eigenvalue weighted by molar-refractivity contribution is 7.79. The van der Waals surface area contributed by atoms with Crippen LogP contribution in [0.1, 0.15) is 54.4 Å². The lowest BCUT2D eigenvalue weighted by Crippen LogP contribution is -2.19. The molecule has 0 rings (SSSR count). The minimum Gasteiger partial charge on any atom is -0.309 e. The number of nitrogens with zero attached hydrogens (tertiary/aromatic N) is 1. The van der Waals surface area contributed by atoms with Gasteiger partial charge in [-0.3, -0.25) is 0 Å². The van der Waals surface area contributed by atoms with Crippen LogP contribution < -0.4 is 0 Å². The molecule has 0 aromatic carbocycles. The van der Waals surface area contributed by atoms with E-state index in [1.54, 1.807) is 6.26 Å². The standard InChI is InChI=1S/C8H19N.2C2H6.CH4S/c1-5-6-8(2)7-9(3)4;3*1-2/h8H,5-7H2,1-4H3;2*1-2H3;2H,1H3. The molecular weight excluding hydrogens is 202 g/mol. The van der Waals surface area contributed by atoms with E-state index in [2.05, 4.69) is 45.5 Å². The summed E-state index contributed by atoms with van der Waals surface area (Å²) in [4.78, 5) is 2.25. The van der Waals surface area contributed by atoms with Gasteiger partial charge in [-0.05, 0) is 32.7 Å². The Morgan fingerprint density at radius 2 is 1.33 bits per heavy atom. The van der Waals surface area contributed by atoms with Crippen molar-refractivity contribution in [2.75, 3.05) is 26.9 Å². The molecule has 0 heterocycles. The number of thiol groups is 1. The van der Waals surface area contributed by atoms with E-state index in [1.165, 1.54) is 19.4 Å². The SMILES string of the molecule is CC.CC.CCCC(C)CN(C)C.CS. The van der Waals surface area contributed by atoms with Crippen LogP contribution in [0.25, 0.3) is 0 Å². The topological polar surface area (TPSA) is 3.24 Å². The Hall–Kier alpha value is 0.310. The molecule has 0 aliphatic rings. The summed E-state index contributed by atoms with van der Waals surface area (Å²) < 4.78 is 0. The molecule has 0 saturated carbocycles. The molecule has 1 atom stereocenters. The van der Waals surface area contributed by atoms with Crippen molar-refractivity contribution < 1.29 is 0 Å². The van der Waals surface area contributed by atoms with Crippen LogP contribution in [-0.2, 0) is 0 Å². The van der Waals surface area contributed by atoms with Gasteiger partial charge in [0, 0.05) is 6.54 Å². The van der Waals surface area contributed by atoms with Gasteiger partial charge in [0.05, 0.1) is 0 Å². The second kappa shape index (κ2) is 29.2. The van der Waals surface area contributed by atoms with Crippen LogP contribution >= 0.6 is 12.6 Å². The minimum atomic E-state index is 0.866. The summed E-state index contributed by atoms with van der Waals surface area (Å²) in [6.07, 6.45) is 4.37. The lowest BCUT2D eigenvalue weighted by atomic mass is 10.1. The first-order chi connectivity index (χ1) is 7.16. The van der Waals surface area contributed by atoms with Crippen LogP contribution in [0, 0.1) is 5.92 Å². The van der Waals surface area contributed by atoms with Crippen LogP contribution in [0.4, 0.5) is 0 Å². The minimum absolute atomic E-state index is 0.866. The maximum absolute atomic E-state index is 3.53. The molecule has 0 radical (unpaired) electrons. The Morgan fingerprint density at radius 1 is 1.00 bits per heavy atom. The Labute approximate surface area is 105 Å². The van der Waals surface area contributed by atoms with Gasteiger partial charge in [0.15, 0.2) is 0 Å². The lowest BCUT2D eigenvalue weighted by molar-refractivity contribution is 0.326. The van der Waals surface area contributed by atoms with E-state index in [0.717, 1.165) is 5.92 Å². The summed E-state index contributed by atoms with van der Waals surface area (Å²) >= 11 is 3.53. The summed E-state index contributed by atoms with van der Waals surface area (Å²) in [5.41, 5.74) is 0. The summed E-state index contributed by atoms with van der Waals surface area (Å²) in [6, 6.07) is 0. The normalized spacial score (nSPS) is 9.80. The maximum Gasteiger partial charge on any atom is 0.0000918 e. The third-order valence-electron chi connectivity index (χ3n) is 1.46. The molecular formula is C13H35NS. The highest BCUT2D eigenvalue weighted by atomic mass is 32.1. The van der Waals surface area contributed by atoms with E-state index in [0.29, 0.717) is 0 Å². The molecule has 0 N–H and O–H groups in total. The lowest BCUT2D eigenvalue weighted by Gasteiger charge is -2.15. The number of hydrogen-bond donors (Lipinski definition) is 1. The number of hydrogen-bond acceptors (Lipinski definition) is 2. The van der Waals surface area contributed by atoms with E-state index in [-0.39, 0.29) is 0 Å². The summed E-state index contributed by atoms with van der Waals surface area (Å²) in [5, 5.41) is 0. The molecule has 0 spiro atoms. The maximum atomic E-state index is 3.53. The largest absolute Gasteiger partial charge is 0.309 e. The average molecular weight is 237 g/mol. The van der Waals surface area contributed by atoms with Gasteiger partial charge in [0.25, 0.3) is 0 Å². The van der Waals surface area contributed by atoms with Crippen LogP contribution in [0.3, 0.4) is 0 Å². The molecule has 0 saturated heterocycles. The molecule has 0 fully saturated rings. The quantitative estimate of drug-likeness (QED) is 0.700. The van der Waals surface area contributed by atoms with Crippen molar-refractivity contribution >= 4 is 12.6 Å². The van der Waals surface area contributed by atoms with Crippen LogP contribution in [-0.4, -0.2) is 31.8 Å².